The monoisotopic (exact) mass is 377 g/mol. The third-order valence-electron chi connectivity index (χ3n) is 3.75. The Kier molecular flexibility index (Phi) is 4.50. The van der Waals surface area contributed by atoms with Crippen LogP contribution in [0.2, 0.25) is 0 Å². The molecule has 7 nitrogen and oxygen atoms in total. The van der Waals surface area contributed by atoms with E-state index in [2.05, 4.69) is 10.3 Å². The molecule has 2 aliphatic heterocycles. The molecule has 4 rings (SSSR count). The number of thiazole rings is 1. The molecule has 9 heteroatoms. The number of rotatable bonds is 4. The van der Waals surface area contributed by atoms with E-state index >= 15 is 0 Å². The first-order chi connectivity index (χ1) is 12.2. The number of aromatic nitrogens is 1. The molecule has 0 aliphatic carbocycles. The molecule has 3 heterocycles. The summed E-state index contributed by atoms with van der Waals surface area (Å²) in [6, 6.07) is 5.65. The van der Waals surface area contributed by atoms with Crippen LogP contribution in [0.3, 0.4) is 0 Å². The second kappa shape index (κ2) is 6.93. The molecular formula is C16H15N3O4S2. The molecule has 0 spiro atoms. The number of anilines is 1. The van der Waals surface area contributed by atoms with E-state index in [1.54, 1.807) is 0 Å². The van der Waals surface area contributed by atoms with Crippen molar-refractivity contribution >= 4 is 40.0 Å². The van der Waals surface area contributed by atoms with Crippen molar-refractivity contribution in [3.8, 4) is 22.8 Å². The Morgan fingerprint density at radius 2 is 2.12 bits per heavy atom. The van der Waals surface area contributed by atoms with Gasteiger partial charge in [0.05, 0.1) is 17.3 Å². The van der Waals surface area contributed by atoms with Crippen LogP contribution in [0.5, 0.6) is 11.5 Å². The van der Waals surface area contributed by atoms with Crippen molar-refractivity contribution in [2.24, 2.45) is 0 Å². The third kappa shape index (κ3) is 3.57. The average Bonchev–Trinajstić information content (AvgIpc) is 3.24. The van der Waals surface area contributed by atoms with Gasteiger partial charge in [-0.2, -0.15) is 0 Å². The predicted octanol–water partition coefficient (Wildman–Crippen LogP) is 2.05. The molecule has 130 valence electrons. The number of nitrogens with one attached hydrogen (secondary N) is 1. The molecule has 2 aliphatic rings. The van der Waals surface area contributed by atoms with Gasteiger partial charge in [-0.3, -0.25) is 9.59 Å². The van der Waals surface area contributed by atoms with Gasteiger partial charge in [-0.15, -0.1) is 23.1 Å². The van der Waals surface area contributed by atoms with Gasteiger partial charge in [0.25, 0.3) is 0 Å². The Morgan fingerprint density at radius 3 is 2.92 bits per heavy atom. The van der Waals surface area contributed by atoms with E-state index in [9.17, 15) is 9.59 Å². The van der Waals surface area contributed by atoms with E-state index in [0.717, 1.165) is 17.0 Å². The van der Waals surface area contributed by atoms with Gasteiger partial charge in [0, 0.05) is 10.9 Å². The molecule has 0 unspecified atom stereocenters. The number of ether oxygens (including phenoxy) is 2. The summed E-state index contributed by atoms with van der Waals surface area (Å²) in [5.41, 5.74) is 1.65. The van der Waals surface area contributed by atoms with Crippen LogP contribution in [-0.2, 0) is 9.59 Å². The van der Waals surface area contributed by atoms with Gasteiger partial charge in [0.1, 0.15) is 19.8 Å². The number of benzene rings is 1. The number of carbonyl (C=O) groups is 2. The quantitative estimate of drug-likeness (QED) is 0.878. The van der Waals surface area contributed by atoms with Crippen molar-refractivity contribution in [3.63, 3.8) is 0 Å². The zero-order valence-electron chi connectivity index (χ0n) is 13.2. The van der Waals surface area contributed by atoms with Gasteiger partial charge in [-0.1, -0.05) is 0 Å². The van der Waals surface area contributed by atoms with Crippen LogP contribution in [0.15, 0.2) is 23.6 Å². The minimum absolute atomic E-state index is 0.00347. The fourth-order valence-electron chi connectivity index (χ4n) is 2.54. The van der Waals surface area contributed by atoms with Gasteiger partial charge in [-0.05, 0) is 18.2 Å². The number of fused-ring (bicyclic) bond motifs is 1. The summed E-state index contributed by atoms with van der Waals surface area (Å²) in [5.74, 6) is 2.19. The maximum Gasteiger partial charge on any atom is 0.245 e. The molecule has 25 heavy (non-hydrogen) atoms. The summed E-state index contributed by atoms with van der Waals surface area (Å²) in [4.78, 5) is 29.6. The van der Waals surface area contributed by atoms with E-state index in [4.69, 9.17) is 9.47 Å². The highest BCUT2D eigenvalue weighted by molar-refractivity contribution is 8.00. The van der Waals surface area contributed by atoms with E-state index < -0.39 is 0 Å². The number of hydrogen-bond donors (Lipinski definition) is 1. The van der Waals surface area contributed by atoms with E-state index in [1.165, 1.54) is 28.0 Å². The number of amides is 2. The van der Waals surface area contributed by atoms with Crippen LogP contribution >= 0.6 is 23.1 Å². The van der Waals surface area contributed by atoms with Gasteiger partial charge in [-0.25, -0.2) is 4.98 Å². The number of nitrogens with zero attached hydrogens (tertiary/aromatic N) is 2. The van der Waals surface area contributed by atoms with Gasteiger partial charge >= 0.3 is 0 Å². The fourth-order valence-corrected chi connectivity index (χ4v) is 4.18. The minimum Gasteiger partial charge on any atom is -0.486 e. The highest BCUT2D eigenvalue weighted by atomic mass is 32.2. The van der Waals surface area contributed by atoms with E-state index in [-0.39, 0.29) is 18.4 Å². The summed E-state index contributed by atoms with van der Waals surface area (Å²) in [6.45, 7) is 1.14. The second-order valence-electron chi connectivity index (χ2n) is 5.51. The van der Waals surface area contributed by atoms with Crippen LogP contribution < -0.4 is 14.8 Å². The third-order valence-corrected chi connectivity index (χ3v) is 5.45. The summed E-state index contributed by atoms with van der Waals surface area (Å²) >= 11 is 2.86. The Balaban J connectivity index is 1.43. The molecule has 2 amide bonds. The zero-order chi connectivity index (χ0) is 17.2. The highest BCUT2D eigenvalue weighted by Gasteiger charge is 2.23. The van der Waals surface area contributed by atoms with Crippen molar-refractivity contribution in [1.29, 1.82) is 0 Å². The first-order valence-electron chi connectivity index (χ1n) is 7.70. The lowest BCUT2D eigenvalue weighted by molar-refractivity contribution is -0.130. The van der Waals surface area contributed by atoms with Gasteiger partial charge < -0.3 is 19.7 Å². The average molecular weight is 377 g/mol. The first-order valence-corrected chi connectivity index (χ1v) is 9.73. The molecule has 0 bridgehead atoms. The molecule has 1 fully saturated rings. The number of carbonyl (C=O) groups excluding carboxylic acids is 2. The zero-order valence-corrected chi connectivity index (χ0v) is 14.8. The largest absolute Gasteiger partial charge is 0.486 e. The Labute approximate surface area is 152 Å². The second-order valence-corrected chi connectivity index (χ2v) is 7.33. The lowest BCUT2D eigenvalue weighted by Gasteiger charge is -2.18. The van der Waals surface area contributed by atoms with Crippen LogP contribution in [0, 0.1) is 0 Å². The Bertz CT molecular complexity index is 823. The van der Waals surface area contributed by atoms with Crippen molar-refractivity contribution in [1.82, 2.24) is 9.88 Å². The Hall–Kier alpha value is -2.26. The van der Waals surface area contributed by atoms with Crippen molar-refractivity contribution < 1.29 is 19.1 Å². The Morgan fingerprint density at radius 1 is 1.28 bits per heavy atom. The molecule has 2 aromatic rings. The molecule has 0 radical (unpaired) electrons. The maximum absolute atomic E-state index is 12.1. The van der Waals surface area contributed by atoms with Gasteiger partial charge in [0.2, 0.25) is 11.8 Å². The fraction of sp³-hybridized carbons (Fsp3) is 0.312. The first kappa shape index (κ1) is 16.2. The highest BCUT2D eigenvalue weighted by Crippen LogP contribution is 2.35. The van der Waals surface area contributed by atoms with Crippen molar-refractivity contribution in [2.75, 3.05) is 36.7 Å². The lowest BCUT2D eigenvalue weighted by atomic mass is 10.1. The molecule has 1 aromatic heterocycles. The number of thioether (sulfide) groups is 1. The normalized spacial score (nSPS) is 16.2. The summed E-state index contributed by atoms with van der Waals surface area (Å²) in [5, 5.41) is 5.13. The maximum atomic E-state index is 12.1. The minimum atomic E-state index is -0.237. The van der Waals surface area contributed by atoms with Crippen LogP contribution in [0.4, 0.5) is 5.13 Å². The molecule has 1 N–H and O–H groups in total. The number of hydrogen-bond acceptors (Lipinski definition) is 7. The van der Waals surface area contributed by atoms with Gasteiger partial charge in [0.15, 0.2) is 16.6 Å². The van der Waals surface area contributed by atoms with Crippen LogP contribution in [0.25, 0.3) is 11.3 Å². The molecular weight excluding hydrogens is 362 g/mol. The standard InChI is InChI=1S/C16H15N3O4S2/c20-14(6-19-9-24-8-15(19)21)18-16-17-11(7-25-16)10-1-2-12-13(5-10)23-4-3-22-12/h1-2,5,7H,3-4,6,8-9H2,(H,17,18,20). The lowest BCUT2D eigenvalue weighted by Crippen LogP contribution is -2.34. The summed E-state index contributed by atoms with van der Waals surface area (Å²) in [6.07, 6.45) is 0. The SMILES string of the molecule is O=C(CN1CSCC1=O)Nc1nc(-c2ccc3c(c2)OCCO3)cs1. The van der Waals surface area contributed by atoms with Crippen molar-refractivity contribution in [3.05, 3.63) is 23.6 Å². The predicted molar refractivity (Wildman–Crippen MR) is 96.2 cm³/mol. The smallest absolute Gasteiger partial charge is 0.245 e. The topological polar surface area (TPSA) is 80.8 Å². The molecule has 0 atom stereocenters. The van der Waals surface area contributed by atoms with Crippen LogP contribution in [0.1, 0.15) is 0 Å². The van der Waals surface area contributed by atoms with E-state index in [1.807, 2.05) is 23.6 Å². The van der Waals surface area contributed by atoms with Crippen LogP contribution in [-0.4, -0.2) is 53.1 Å². The summed E-state index contributed by atoms with van der Waals surface area (Å²) < 4.78 is 11.1. The molecule has 1 aromatic carbocycles. The van der Waals surface area contributed by atoms with E-state index in [0.29, 0.717) is 35.7 Å². The summed E-state index contributed by atoms with van der Waals surface area (Å²) in [7, 11) is 0. The molecule has 0 saturated carbocycles. The molecule has 1 saturated heterocycles. The van der Waals surface area contributed by atoms with Crippen molar-refractivity contribution in [2.45, 2.75) is 0 Å².